The first kappa shape index (κ1) is 21.2. The lowest BCUT2D eigenvalue weighted by atomic mass is 10.1. The number of ether oxygens (including phenoxy) is 1. The standard InChI is InChI=1S/C18H27BrN2O4S/c1-18(2,3)25-17(22)21-11-5-6-16(12-21)20(4)26(23,24)13-14-7-9-15(19)10-8-14/h7-10,16H,5-6,11-13H2,1-4H3. The number of nitrogens with zero attached hydrogens (tertiary/aromatic N) is 2. The zero-order chi connectivity index (χ0) is 19.5. The SMILES string of the molecule is CN(C1CCCN(C(=O)OC(C)(C)C)C1)S(=O)(=O)Cc1ccc(Br)cc1. The van der Waals surface area contributed by atoms with E-state index in [9.17, 15) is 13.2 Å². The Kier molecular flexibility index (Phi) is 6.74. The zero-order valence-corrected chi connectivity index (χ0v) is 18.1. The van der Waals surface area contributed by atoms with Crippen LogP contribution in [-0.2, 0) is 20.5 Å². The van der Waals surface area contributed by atoms with Crippen molar-refractivity contribution >= 4 is 32.0 Å². The van der Waals surface area contributed by atoms with Gasteiger partial charge >= 0.3 is 6.09 Å². The van der Waals surface area contributed by atoms with E-state index >= 15 is 0 Å². The molecule has 2 rings (SSSR count). The van der Waals surface area contributed by atoms with Crippen molar-refractivity contribution in [3.63, 3.8) is 0 Å². The summed E-state index contributed by atoms with van der Waals surface area (Å²) in [4.78, 5) is 13.9. The molecule has 1 fully saturated rings. The van der Waals surface area contributed by atoms with E-state index in [0.717, 1.165) is 22.9 Å². The maximum absolute atomic E-state index is 12.8. The second-order valence-corrected chi connectivity index (χ2v) is 10.6. The van der Waals surface area contributed by atoms with Gasteiger partial charge in [0.05, 0.1) is 5.75 Å². The van der Waals surface area contributed by atoms with E-state index in [1.807, 2.05) is 32.9 Å². The van der Waals surface area contributed by atoms with Crippen molar-refractivity contribution in [1.29, 1.82) is 0 Å². The van der Waals surface area contributed by atoms with Crippen LogP contribution in [0, 0.1) is 0 Å². The van der Waals surface area contributed by atoms with Gasteiger partial charge in [-0.05, 0) is 51.3 Å². The van der Waals surface area contributed by atoms with Crippen LogP contribution in [0.15, 0.2) is 28.7 Å². The Balaban J connectivity index is 2.04. The number of likely N-dealkylation sites (N-methyl/N-ethyl adjacent to an activating group) is 1. The summed E-state index contributed by atoms with van der Waals surface area (Å²) >= 11 is 3.35. The summed E-state index contributed by atoms with van der Waals surface area (Å²) in [5, 5.41) is 0. The quantitative estimate of drug-likeness (QED) is 0.708. The van der Waals surface area contributed by atoms with Gasteiger partial charge in [0.2, 0.25) is 10.0 Å². The smallest absolute Gasteiger partial charge is 0.410 e. The van der Waals surface area contributed by atoms with E-state index in [1.165, 1.54) is 4.31 Å². The van der Waals surface area contributed by atoms with Crippen molar-refractivity contribution in [1.82, 2.24) is 9.21 Å². The molecule has 1 heterocycles. The number of halogens is 1. The van der Waals surface area contributed by atoms with Crippen molar-refractivity contribution < 1.29 is 17.9 Å². The van der Waals surface area contributed by atoms with Crippen LogP contribution < -0.4 is 0 Å². The molecule has 1 unspecified atom stereocenters. The number of amides is 1. The van der Waals surface area contributed by atoms with Crippen LogP contribution in [0.4, 0.5) is 4.79 Å². The molecule has 1 aliphatic heterocycles. The summed E-state index contributed by atoms with van der Waals surface area (Å²) in [6, 6.07) is 7.01. The van der Waals surface area contributed by atoms with Crippen LogP contribution in [0.3, 0.4) is 0 Å². The first-order chi connectivity index (χ1) is 12.0. The van der Waals surface area contributed by atoms with Crippen LogP contribution in [-0.4, -0.2) is 55.5 Å². The molecule has 0 aliphatic carbocycles. The molecule has 1 amide bonds. The van der Waals surface area contributed by atoms with Gasteiger partial charge in [-0.1, -0.05) is 28.1 Å². The summed E-state index contributed by atoms with van der Waals surface area (Å²) in [5.41, 5.74) is 0.170. The molecule has 0 bridgehead atoms. The Morgan fingerprint density at radius 2 is 1.92 bits per heavy atom. The summed E-state index contributed by atoms with van der Waals surface area (Å²) in [6.07, 6.45) is 1.10. The lowest BCUT2D eigenvalue weighted by Crippen LogP contribution is -2.51. The molecule has 26 heavy (non-hydrogen) atoms. The Labute approximate surface area is 164 Å². The number of carbonyl (C=O) groups is 1. The maximum atomic E-state index is 12.8. The summed E-state index contributed by atoms with van der Waals surface area (Å²) in [7, 11) is -1.88. The molecule has 0 saturated carbocycles. The maximum Gasteiger partial charge on any atom is 0.410 e. The van der Waals surface area contributed by atoms with E-state index in [1.54, 1.807) is 24.1 Å². The molecular weight excluding hydrogens is 420 g/mol. The average molecular weight is 447 g/mol. The van der Waals surface area contributed by atoms with Gasteiger partial charge in [-0.15, -0.1) is 0 Å². The van der Waals surface area contributed by atoms with Crippen molar-refractivity contribution in [2.75, 3.05) is 20.1 Å². The monoisotopic (exact) mass is 446 g/mol. The molecule has 1 atom stereocenters. The topological polar surface area (TPSA) is 66.9 Å². The number of hydrogen-bond donors (Lipinski definition) is 0. The largest absolute Gasteiger partial charge is 0.444 e. The van der Waals surface area contributed by atoms with Gasteiger partial charge in [0.1, 0.15) is 5.60 Å². The number of hydrogen-bond acceptors (Lipinski definition) is 4. The molecular formula is C18H27BrN2O4S. The fraction of sp³-hybridized carbons (Fsp3) is 0.611. The Morgan fingerprint density at radius 3 is 2.50 bits per heavy atom. The van der Waals surface area contributed by atoms with Crippen molar-refractivity contribution in [3.8, 4) is 0 Å². The first-order valence-corrected chi connectivity index (χ1v) is 11.1. The Bertz CT molecular complexity index is 729. The predicted molar refractivity (Wildman–Crippen MR) is 105 cm³/mol. The molecule has 0 radical (unpaired) electrons. The average Bonchev–Trinajstić information content (AvgIpc) is 2.54. The minimum Gasteiger partial charge on any atom is -0.444 e. The number of benzene rings is 1. The van der Waals surface area contributed by atoms with Crippen LogP contribution in [0.5, 0.6) is 0 Å². The third-order valence-electron chi connectivity index (χ3n) is 4.26. The zero-order valence-electron chi connectivity index (χ0n) is 15.7. The molecule has 0 spiro atoms. The van der Waals surface area contributed by atoms with Crippen LogP contribution in [0.2, 0.25) is 0 Å². The van der Waals surface area contributed by atoms with Gasteiger partial charge in [-0.2, -0.15) is 4.31 Å². The van der Waals surface area contributed by atoms with E-state index in [0.29, 0.717) is 13.1 Å². The summed E-state index contributed by atoms with van der Waals surface area (Å²) in [6.45, 7) is 6.40. The minimum absolute atomic E-state index is 0.0558. The minimum atomic E-state index is -3.47. The van der Waals surface area contributed by atoms with E-state index < -0.39 is 15.6 Å². The molecule has 1 aromatic carbocycles. The van der Waals surface area contributed by atoms with Gasteiger partial charge in [-0.25, -0.2) is 13.2 Å². The van der Waals surface area contributed by atoms with Gasteiger partial charge in [0, 0.05) is 30.7 Å². The molecule has 1 aromatic rings. The predicted octanol–water partition coefficient (Wildman–Crippen LogP) is 3.61. The molecule has 8 heteroatoms. The molecule has 0 N–H and O–H groups in total. The highest BCUT2D eigenvalue weighted by atomic mass is 79.9. The number of carbonyl (C=O) groups excluding carboxylic acids is 1. The number of likely N-dealkylation sites (tertiary alicyclic amines) is 1. The van der Waals surface area contributed by atoms with Gasteiger partial charge in [-0.3, -0.25) is 0 Å². The molecule has 1 saturated heterocycles. The van der Waals surface area contributed by atoms with Crippen LogP contribution >= 0.6 is 15.9 Å². The third kappa shape index (κ3) is 5.96. The number of rotatable bonds is 4. The van der Waals surface area contributed by atoms with E-state index in [2.05, 4.69) is 15.9 Å². The lowest BCUT2D eigenvalue weighted by molar-refractivity contribution is 0.0163. The molecule has 1 aliphatic rings. The fourth-order valence-corrected chi connectivity index (χ4v) is 4.57. The van der Waals surface area contributed by atoms with E-state index in [4.69, 9.17) is 4.74 Å². The Hall–Kier alpha value is -1.12. The second-order valence-electron chi connectivity index (χ2n) is 7.62. The summed E-state index contributed by atoms with van der Waals surface area (Å²) < 4.78 is 33.3. The van der Waals surface area contributed by atoms with E-state index in [-0.39, 0.29) is 17.9 Å². The van der Waals surface area contributed by atoms with Gasteiger partial charge in [0.25, 0.3) is 0 Å². The first-order valence-electron chi connectivity index (χ1n) is 8.66. The van der Waals surface area contributed by atoms with Crippen molar-refractivity contribution in [3.05, 3.63) is 34.3 Å². The Morgan fingerprint density at radius 1 is 1.31 bits per heavy atom. The second kappa shape index (κ2) is 8.27. The van der Waals surface area contributed by atoms with Crippen molar-refractivity contribution in [2.45, 2.75) is 51.0 Å². The molecule has 146 valence electrons. The van der Waals surface area contributed by atoms with Crippen molar-refractivity contribution in [2.24, 2.45) is 0 Å². The highest BCUT2D eigenvalue weighted by molar-refractivity contribution is 9.10. The third-order valence-corrected chi connectivity index (χ3v) is 6.67. The van der Waals surface area contributed by atoms with Crippen LogP contribution in [0.1, 0.15) is 39.2 Å². The number of piperidine rings is 1. The molecule has 6 nitrogen and oxygen atoms in total. The van der Waals surface area contributed by atoms with Gasteiger partial charge < -0.3 is 9.64 Å². The number of sulfonamides is 1. The lowest BCUT2D eigenvalue weighted by Gasteiger charge is -2.37. The van der Waals surface area contributed by atoms with Gasteiger partial charge in [0.15, 0.2) is 0 Å². The summed E-state index contributed by atoms with van der Waals surface area (Å²) in [5.74, 6) is -0.0558. The highest BCUT2D eigenvalue weighted by Crippen LogP contribution is 2.22. The molecule has 0 aromatic heterocycles. The van der Waals surface area contributed by atoms with Crippen LogP contribution in [0.25, 0.3) is 0 Å². The highest BCUT2D eigenvalue weighted by Gasteiger charge is 2.33. The fourth-order valence-electron chi connectivity index (χ4n) is 2.86. The normalized spacial score (nSPS) is 18.8.